The SMILES string of the molecule is O=C([C@H]1CCCO1)N(Cc1ccco1)C1CC1. The maximum atomic E-state index is 12.3. The summed E-state index contributed by atoms with van der Waals surface area (Å²) < 4.78 is 10.8. The van der Waals surface area contributed by atoms with Gasteiger partial charge in [-0.05, 0) is 37.8 Å². The number of carbonyl (C=O) groups is 1. The first-order valence-corrected chi connectivity index (χ1v) is 6.29. The van der Waals surface area contributed by atoms with Crippen LogP contribution in [0.15, 0.2) is 22.8 Å². The molecule has 1 aromatic rings. The normalized spacial score (nSPS) is 23.9. The molecular weight excluding hydrogens is 218 g/mol. The highest BCUT2D eigenvalue weighted by Gasteiger charge is 2.37. The summed E-state index contributed by atoms with van der Waals surface area (Å²) >= 11 is 0. The lowest BCUT2D eigenvalue weighted by molar-refractivity contribution is -0.142. The van der Waals surface area contributed by atoms with Gasteiger partial charge in [-0.15, -0.1) is 0 Å². The molecule has 2 aliphatic rings. The molecule has 0 aromatic carbocycles. The van der Waals surface area contributed by atoms with Crippen LogP contribution < -0.4 is 0 Å². The molecule has 1 saturated heterocycles. The summed E-state index contributed by atoms with van der Waals surface area (Å²) in [5.74, 6) is 0.990. The number of rotatable bonds is 4. The molecule has 1 atom stereocenters. The average molecular weight is 235 g/mol. The Morgan fingerprint density at radius 2 is 2.29 bits per heavy atom. The van der Waals surface area contributed by atoms with Gasteiger partial charge in [0.1, 0.15) is 11.9 Å². The van der Waals surface area contributed by atoms with E-state index in [0.717, 1.165) is 38.1 Å². The van der Waals surface area contributed by atoms with Crippen LogP contribution in [0.1, 0.15) is 31.4 Å². The summed E-state index contributed by atoms with van der Waals surface area (Å²) in [6, 6.07) is 4.17. The Morgan fingerprint density at radius 1 is 1.41 bits per heavy atom. The Kier molecular flexibility index (Phi) is 2.89. The zero-order chi connectivity index (χ0) is 11.7. The van der Waals surface area contributed by atoms with Crippen LogP contribution in [0.25, 0.3) is 0 Å². The predicted molar refractivity (Wildman–Crippen MR) is 61.3 cm³/mol. The van der Waals surface area contributed by atoms with Crippen LogP contribution >= 0.6 is 0 Å². The second kappa shape index (κ2) is 4.53. The van der Waals surface area contributed by atoms with E-state index >= 15 is 0 Å². The first-order valence-electron chi connectivity index (χ1n) is 6.29. The van der Waals surface area contributed by atoms with Gasteiger partial charge >= 0.3 is 0 Å². The summed E-state index contributed by atoms with van der Waals surface area (Å²) in [6.45, 7) is 1.30. The van der Waals surface area contributed by atoms with Crippen molar-refractivity contribution >= 4 is 5.91 Å². The number of carbonyl (C=O) groups excluding carboxylic acids is 1. The quantitative estimate of drug-likeness (QED) is 0.801. The number of hydrogen-bond donors (Lipinski definition) is 0. The third-order valence-electron chi connectivity index (χ3n) is 3.38. The Hall–Kier alpha value is -1.29. The number of amides is 1. The molecule has 1 aromatic heterocycles. The monoisotopic (exact) mass is 235 g/mol. The maximum Gasteiger partial charge on any atom is 0.252 e. The van der Waals surface area contributed by atoms with Gasteiger partial charge in [0, 0.05) is 12.6 Å². The van der Waals surface area contributed by atoms with Gasteiger partial charge in [0.25, 0.3) is 5.91 Å². The molecule has 0 unspecified atom stereocenters. The Bertz CT molecular complexity index is 377. The highest BCUT2D eigenvalue weighted by atomic mass is 16.5. The standard InChI is InChI=1S/C13H17NO3/c15-13(12-4-2-8-17-12)14(10-5-6-10)9-11-3-1-7-16-11/h1,3,7,10,12H,2,4-6,8-9H2/t12-/m1/s1. The van der Waals surface area contributed by atoms with Gasteiger partial charge < -0.3 is 14.1 Å². The third kappa shape index (κ3) is 2.36. The minimum atomic E-state index is -0.217. The number of hydrogen-bond acceptors (Lipinski definition) is 3. The van der Waals surface area contributed by atoms with E-state index in [4.69, 9.17) is 9.15 Å². The lowest BCUT2D eigenvalue weighted by atomic mass is 10.2. The van der Waals surface area contributed by atoms with Crippen LogP contribution in [0.2, 0.25) is 0 Å². The van der Waals surface area contributed by atoms with E-state index in [1.807, 2.05) is 17.0 Å². The summed E-state index contributed by atoms with van der Waals surface area (Å²) in [5.41, 5.74) is 0. The lowest BCUT2D eigenvalue weighted by Gasteiger charge is -2.24. The Morgan fingerprint density at radius 3 is 2.88 bits per heavy atom. The van der Waals surface area contributed by atoms with Crippen molar-refractivity contribution < 1.29 is 13.9 Å². The Balaban J connectivity index is 1.68. The minimum Gasteiger partial charge on any atom is -0.467 e. The molecule has 2 fully saturated rings. The van der Waals surface area contributed by atoms with Crippen molar-refractivity contribution in [2.75, 3.05) is 6.61 Å². The highest BCUT2D eigenvalue weighted by Crippen LogP contribution is 2.30. The fourth-order valence-electron chi connectivity index (χ4n) is 2.30. The molecule has 0 N–H and O–H groups in total. The molecule has 1 aliphatic carbocycles. The van der Waals surface area contributed by atoms with Crippen molar-refractivity contribution in [3.8, 4) is 0 Å². The largest absolute Gasteiger partial charge is 0.467 e. The first-order chi connectivity index (χ1) is 8.34. The predicted octanol–water partition coefficient (Wildman–Crippen LogP) is 1.95. The molecule has 1 saturated carbocycles. The maximum absolute atomic E-state index is 12.3. The molecule has 0 radical (unpaired) electrons. The molecule has 92 valence electrons. The first kappa shape index (κ1) is 10.8. The fraction of sp³-hybridized carbons (Fsp3) is 0.615. The zero-order valence-corrected chi connectivity index (χ0v) is 9.80. The zero-order valence-electron chi connectivity index (χ0n) is 9.80. The molecule has 0 spiro atoms. The van der Waals surface area contributed by atoms with E-state index in [1.54, 1.807) is 6.26 Å². The fourth-order valence-corrected chi connectivity index (χ4v) is 2.30. The molecule has 1 aliphatic heterocycles. The van der Waals surface area contributed by atoms with Crippen molar-refractivity contribution in [2.45, 2.75) is 44.4 Å². The van der Waals surface area contributed by atoms with E-state index in [2.05, 4.69) is 0 Å². The molecular formula is C13H17NO3. The molecule has 17 heavy (non-hydrogen) atoms. The van der Waals surface area contributed by atoms with Crippen molar-refractivity contribution in [3.63, 3.8) is 0 Å². The van der Waals surface area contributed by atoms with Gasteiger partial charge in [0.15, 0.2) is 0 Å². The summed E-state index contributed by atoms with van der Waals surface area (Å²) in [6.07, 6.45) is 5.51. The van der Waals surface area contributed by atoms with Gasteiger partial charge in [-0.3, -0.25) is 4.79 Å². The molecule has 0 bridgehead atoms. The van der Waals surface area contributed by atoms with Gasteiger partial charge in [-0.25, -0.2) is 0 Å². The van der Waals surface area contributed by atoms with Gasteiger partial charge in [0.05, 0.1) is 12.8 Å². The molecule has 4 heteroatoms. The number of nitrogens with zero attached hydrogens (tertiary/aromatic N) is 1. The van der Waals surface area contributed by atoms with Crippen LogP contribution in [0, 0.1) is 0 Å². The third-order valence-corrected chi connectivity index (χ3v) is 3.38. The molecule has 4 nitrogen and oxygen atoms in total. The number of furan rings is 1. The number of ether oxygens (including phenoxy) is 1. The molecule has 2 heterocycles. The van der Waals surface area contributed by atoms with Crippen LogP contribution in [-0.4, -0.2) is 29.6 Å². The highest BCUT2D eigenvalue weighted by molar-refractivity contribution is 5.81. The average Bonchev–Trinajstić information content (AvgIpc) is 2.86. The van der Waals surface area contributed by atoms with Gasteiger partial charge in [-0.2, -0.15) is 0 Å². The van der Waals surface area contributed by atoms with Gasteiger partial charge in [0.2, 0.25) is 0 Å². The van der Waals surface area contributed by atoms with E-state index in [0.29, 0.717) is 12.6 Å². The lowest BCUT2D eigenvalue weighted by Crippen LogP contribution is -2.39. The summed E-state index contributed by atoms with van der Waals surface area (Å²) in [5, 5.41) is 0. The van der Waals surface area contributed by atoms with E-state index in [9.17, 15) is 4.79 Å². The summed E-state index contributed by atoms with van der Waals surface area (Å²) in [4.78, 5) is 14.2. The van der Waals surface area contributed by atoms with E-state index < -0.39 is 0 Å². The van der Waals surface area contributed by atoms with Crippen molar-refractivity contribution in [3.05, 3.63) is 24.2 Å². The topological polar surface area (TPSA) is 42.7 Å². The second-order valence-electron chi connectivity index (χ2n) is 4.78. The smallest absolute Gasteiger partial charge is 0.252 e. The van der Waals surface area contributed by atoms with Crippen LogP contribution in [0.4, 0.5) is 0 Å². The van der Waals surface area contributed by atoms with Gasteiger partial charge in [-0.1, -0.05) is 0 Å². The van der Waals surface area contributed by atoms with E-state index in [1.165, 1.54) is 0 Å². The van der Waals surface area contributed by atoms with Crippen molar-refractivity contribution in [1.29, 1.82) is 0 Å². The van der Waals surface area contributed by atoms with Crippen LogP contribution in [0.3, 0.4) is 0 Å². The summed E-state index contributed by atoms with van der Waals surface area (Å²) in [7, 11) is 0. The van der Waals surface area contributed by atoms with Crippen molar-refractivity contribution in [1.82, 2.24) is 4.90 Å². The minimum absolute atomic E-state index is 0.140. The van der Waals surface area contributed by atoms with E-state index in [-0.39, 0.29) is 12.0 Å². The van der Waals surface area contributed by atoms with Crippen LogP contribution in [-0.2, 0) is 16.1 Å². The molecule has 1 amide bonds. The van der Waals surface area contributed by atoms with Crippen molar-refractivity contribution in [2.24, 2.45) is 0 Å². The molecule has 3 rings (SSSR count). The Labute approximate surface area is 101 Å². The van der Waals surface area contributed by atoms with Crippen LogP contribution in [0.5, 0.6) is 0 Å². The second-order valence-corrected chi connectivity index (χ2v) is 4.78.